The van der Waals surface area contributed by atoms with Crippen LogP contribution in [0.1, 0.15) is 51.9 Å². The number of carbonyl (C=O) groups is 2. The van der Waals surface area contributed by atoms with Crippen LogP contribution in [0.3, 0.4) is 0 Å². The zero-order valence-corrected chi connectivity index (χ0v) is 17.9. The second-order valence-electron chi connectivity index (χ2n) is 6.99. The summed E-state index contributed by atoms with van der Waals surface area (Å²) in [7, 11) is -2.23. The van der Waals surface area contributed by atoms with Gasteiger partial charge in [0.1, 0.15) is 5.75 Å². The Morgan fingerprint density at radius 2 is 1.83 bits per heavy atom. The molecule has 1 heterocycles. The molecule has 0 aromatic heterocycles. The minimum Gasteiger partial charge on any atom is -0.495 e. The standard InChI is InChI=1S/C20H30N2O6S/c1-3-4-9-20(24)28-15-19(23)21-17-14-16(10-11-18(17)27-2)29(25,26)22-12-7-5-6-8-13-22/h10-11,14H,3-9,12-13,15H2,1-2H3,(H,21,23). The molecule has 1 fully saturated rings. The minimum absolute atomic E-state index is 0.0930. The van der Waals surface area contributed by atoms with Crippen molar-refractivity contribution in [3.63, 3.8) is 0 Å². The largest absolute Gasteiger partial charge is 0.495 e. The number of carbonyl (C=O) groups excluding carboxylic acids is 2. The summed E-state index contributed by atoms with van der Waals surface area (Å²) < 4.78 is 37.6. The maximum absolute atomic E-state index is 13.0. The van der Waals surface area contributed by atoms with Gasteiger partial charge in [-0.25, -0.2) is 8.42 Å². The number of hydrogen-bond donors (Lipinski definition) is 1. The maximum Gasteiger partial charge on any atom is 0.306 e. The maximum atomic E-state index is 13.0. The third-order valence-electron chi connectivity index (χ3n) is 4.75. The Morgan fingerprint density at radius 3 is 2.45 bits per heavy atom. The van der Waals surface area contributed by atoms with E-state index in [9.17, 15) is 18.0 Å². The normalized spacial score (nSPS) is 15.4. The summed E-state index contributed by atoms with van der Waals surface area (Å²) in [6.07, 6.45) is 5.53. The molecule has 1 aliphatic rings. The summed E-state index contributed by atoms with van der Waals surface area (Å²) >= 11 is 0. The smallest absolute Gasteiger partial charge is 0.306 e. The Kier molecular flexibility index (Phi) is 8.91. The summed E-state index contributed by atoms with van der Waals surface area (Å²) in [5.41, 5.74) is 0.220. The number of amides is 1. The molecule has 0 bridgehead atoms. The molecule has 0 radical (unpaired) electrons. The molecule has 1 aliphatic heterocycles. The number of esters is 1. The number of benzene rings is 1. The minimum atomic E-state index is -3.66. The highest BCUT2D eigenvalue weighted by Crippen LogP contribution is 2.29. The van der Waals surface area contributed by atoms with Crippen molar-refractivity contribution in [3.8, 4) is 5.75 Å². The van der Waals surface area contributed by atoms with E-state index < -0.39 is 28.5 Å². The Labute approximate surface area is 172 Å². The Bertz CT molecular complexity index is 801. The van der Waals surface area contributed by atoms with Gasteiger partial charge in [0.2, 0.25) is 10.0 Å². The number of nitrogens with one attached hydrogen (secondary N) is 1. The van der Waals surface area contributed by atoms with Crippen molar-refractivity contribution in [3.05, 3.63) is 18.2 Å². The summed E-state index contributed by atoms with van der Waals surface area (Å²) in [6.45, 7) is 2.50. The molecule has 1 saturated heterocycles. The molecule has 9 heteroatoms. The number of rotatable bonds is 9. The summed E-state index contributed by atoms with van der Waals surface area (Å²) in [6, 6.07) is 4.36. The zero-order valence-electron chi connectivity index (χ0n) is 17.1. The van der Waals surface area contributed by atoms with E-state index in [-0.39, 0.29) is 17.0 Å². The second-order valence-corrected chi connectivity index (χ2v) is 8.93. The fourth-order valence-electron chi connectivity index (χ4n) is 3.10. The number of hydrogen-bond acceptors (Lipinski definition) is 6. The number of methoxy groups -OCH3 is 1. The number of anilines is 1. The predicted octanol–water partition coefficient (Wildman–Crippen LogP) is 2.93. The lowest BCUT2D eigenvalue weighted by molar-refractivity contribution is -0.147. The van der Waals surface area contributed by atoms with E-state index in [0.29, 0.717) is 25.3 Å². The lowest BCUT2D eigenvalue weighted by atomic mass is 10.2. The van der Waals surface area contributed by atoms with Gasteiger partial charge in [-0.05, 0) is 37.5 Å². The topological polar surface area (TPSA) is 102 Å². The Balaban J connectivity index is 2.11. The molecule has 0 unspecified atom stereocenters. The SMILES string of the molecule is CCCCC(=O)OCC(=O)Nc1cc(S(=O)(=O)N2CCCCCC2)ccc1OC. The van der Waals surface area contributed by atoms with Crippen molar-refractivity contribution in [2.24, 2.45) is 0 Å². The molecular weight excluding hydrogens is 396 g/mol. The van der Waals surface area contributed by atoms with Crippen LogP contribution >= 0.6 is 0 Å². The molecular formula is C20H30N2O6S. The lowest BCUT2D eigenvalue weighted by Gasteiger charge is -2.21. The molecule has 0 atom stereocenters. The van der Waals surface area contributed by atoms with Crippen LogP contribution in [0.2, 0.25) is 0 Å². The van der Waals surface area contributed by atoms with Crippen LogP contribution in [0.4, 0.5) is 5.69 Å². The van der Waals surface area contributed by atoms with Crippen molar-refractivity contribution >= 4 is 27.6 Å². The highest BCUT2D eigenvalue weighted by atomic mass is 32.2. The van der Waals surface area contributed by atoms with E-state index in [1.54, 1.807) is 0 Å². The van der Waals surface area contributed by atoms with Crippen molar-refractivity contribution < 1.29 is 27.5 Å². The van der Waals surface area contributed by atoms with E-state index in [1.807, 2.05) is 6.92 Å². The van der Waals surface area contributed by atoms with Crippen LogP contribution in [0.5, 0.6) is 5.75 Å². The molecule has 29 heavy (non-hydrogen) atoms. The van der Waals surface area contributed by atoms with E-state index in [1.165, 1.54) is 29.6 Å². The number of ether oxygens (including phenoxy) is 2. The van der Waals surface area contributed by atoms with E-state index in [4.69, 9.17) is 9.47 Å². The molecule has 0 saturated carbocycles. The van der Waals surface area contributed by atoms with Gasteiger partial charge in [0.25, 0.3) is 5.91 Å². The third-order valence-corrected chi connectivity index (χ3v) is 6.64. The highest BCUT2D eigenvalue weighted by molar-refractivity contribution is 7.89. The molecule has 1 N–H and O–H groups in total. The summed E-state index contributed by atoms with van der Waals surface area (Å²) in [5, 5.41) is 2.58. The van der Waals surface area contributed by atoms with Crippen molar-refractivity contribution in [1.82, 2.24) is 4.31 Å². The van der Waals surface area contributed by atoms with E-state index in [0.717, 1.165) is 32.1 Å². The van der Waals surface area contributed by atoms with Gasteiger partial charge in [-0.2, -0.15) is 4.31 Å². The predicted molar refractivity (Wildman–Crippen MR) is 109 cm³/mol. The van der Waals surface area contributed by atoms with Gasteiger partial charge < -0.3 is 14.8 Å². The molecule has 0 aliphatic carbocycles. The lowest BCUT2D eigenvalue weighted by Crippen LogP contribution is -2.32. The van der Waals surface area contributed by atoms with Gasteiger partial charge in [-0.3, -0.25) is 9.59 Å². The number of sulfonamides is 1. The summed E-state index contributed by atoms with van der Waals surface area (Å²) in [4.78, 5) is 23.8. The quantitative estimate of drug-likeness (QED) is 0.609. The number of nitrogens with zero attached hydrogens (tertiary/aromatic N) is 1. The van der Waals surface area contributed by atoms with Crippen LogP contribution in [-0.2, 0) is 24.3 Å². The average molecular weight is 427 g/mol. The molecule has 1 aromatic carbocycles. The molecule has 1 aromatic rings. The van der Waals surface area contributed by atoms with Crippen LogP contribution in [0, 0.1) is 0 Å². The first kappa shape index (κ1) is 23.2. The highest BCUT2D eigenvalue weighted by Gasteiger charge is 2.26. The molecule has 0 spiro atoms. The molecule has 8 nitrogen and oxygen atoms in total. The Morgan fingerprint density at radius 1 is 1.14 bits per heavy atom. The van der Waals surface area contributed by atoms with Gasteiger partial charge in [-0.15, -0.1) is 0 Å². The van der Waals surface area contributed by atoms with Crippen LogP contribution in [0.15, 0.2) is 23.1 Å². The van der Waals surface area contributed by atoms with Gasteiger partial charge in [0, 0.05) is 19.5 Å². The fraction of sp³-hybridized carbons (Fsp3) is 0.600. The van der Waals surface area contributed by atoms with Gasteiger partial charge >= 0.3 is 5.97 Å². The second kappa shape index (κ2) is 11.2. The van der Waals surface area contributed by atoms with Gasteiger partial charge in [0.15, 0.2) is 6.61 Å². The van der Waals surface area contributed by atoms with Crippen molar-refractivity contribution in [1.29, 1.82) is 0 Å². The monoisotopic (exact) mass is 426 g/mol. The van der Waals surface area contributed by atoms with Crippen molar-refractivity contribution in [2.45, 2.75) is 56.8 Å². The fourth-order valence-corrected chi connectivity index (χ4v) is 4.65. The van der Waals surface area contributed by atoms with Gasteiger partial charge in [0.05, 0.1) is 17.7 Å². The van der Waals surface area contributed by atoms with E-state index in [2.05, 4.69) is 5.32 Å². The van der Waals surface area contributed by atoms with Gasteiger partial charge in [-0.1, -0.05) is 26.2 Å². The van der Waals surface area contributed by atoms with Crippen LogP contribution in [-0.4, -0.2) is 51.4 Å². The first-order valence-corrected chi connectivity index (χ1v) is 11.5. The first-order valence-electron chi connectivity index (χ1n) is 10.0. The Hall–Kier alpha value is -2.13. The summed E-state index contributed by atoms with van der Waals surface area (Å²) in [5.74, 6) is -0.672. The van der Waals surface area contributed by atoms with Crippen LogP contribution in [0.25, 0.3) is 0 Å². The third kappa shape index (κ3) is 6.71. The zero-order chi connectivity index (χ0) is 21.3. The average Bonchev–Trinajstić information content (AvgIpc) is 3.00. The first-order chi connectivity index (χ1) is 13.9. The van der Waals surface area contributed by atoms with Crippen molar-refractivity contribution in [2.75, 3.05) is 32.1 Å². The number of unbranched alkanes of at least 4 members (excludes halogenated alkanes) is 1. The van der Waals surface area contributed by atoms with E-state index >= 15 is 0 Å². The molecule has 2 rings (SSSR count). The molecule has 1 amide bonds. The van der Waals surface area contributed by atoms with Crippen LogP contribution < -0.4 is 10.1 Å². The molecule has 162 valence electrons.